The lowest BCUT2D eigenvalue weighted by atomic mass is 9.75. The molecule has 1 heterocycles. The lowest BCUT2D eigenvalue weighted by molar-refractivity contribution is -0.130. The van der Waals surface area contributed by atoms with E-state index < -0.39 is 0 Å². The summed E-state index contributed by atoms with van der Waals surface area (Å²) in [6.45, 7) is 8.31. The first-order chi connectivity index (χ1) is 6.76. The van der Waals surface area contributed by atoms with Crippen LogP contribution in [-0.4, -0.2) is 23.4 Å². The summed E-state index contributed by atoms with van der Waals surface area (Å²) in [6, 6.07) is 0. The van der Waals surface area contributed by atoms with Gasteiger partial charge in [0.25, 0.3) is 0 Å². The van der Waals surface area contributed by atoms with Crippen molar-refractivity contribution >= 4 is 12.3 Å². The number of hydrogen-bond donors (Lipinski definition) is 2. The molecular weight excluding hydrogens is 192 g/mol. The molecule has 1 aliphatic rings. The van der Waals surface area contributed by atoms with Crippen molar-refractivity contribution in [3.63, 3.8) is 0 Å². The molecule has 4 nitrogen and oxygen atoms in total. The van der Waals surface area contributed by atoms with E-state index in [-0.39, 0.29) is 22.9 Å². The first kappa shape index (κ1) is 12.2. The van der Waals surface area contributed by atoms with Gasteiger partial charge in [0.2, 0.25) is 12.3 Å². The van der Waals surface area contributed by atoms with Crippen molar-refractivity contribution in [2.24, 2.45) is 5.92 Å². The van der Waals surface area contributed by atoms with Gasteiger partial charge in [-0.05, 0) is 40.5 Å². The van der Waals surface area contributed by atoms with Gasteiger partial charge in [0.1, 0.15) is 0 Å². The summed E-state index contributed by atoms with van der Waals surface area (Å²) < 4.78 is 0. The summed E-state index contributed by atoms with van der Waals surface area (Å²) in [5.74, 6) is -0.242. The third-order valence-corrected chi connectivity index (χ3v) is 2.76. The Morgan fingerprint density at radius 1 is 1.27 bits per heavy atom. The Labute approximate surface area is 90.8 Å². The molecule has 4 heteroatoms. The van der Waals surface area contributed by atoms with Gasteiger partial charge in [-0.1, -0.05) is 0 Å². The fourth-order valence-electron chi connectivity index (χ4n) is 2.68. The number of amides is 2. The minimum atomic E-state index is -0.160. The van der Waals surface area contributed by atoms with Gasteiger partial charge in [0, 0.05) is 17.0 Å². The first-order valence-corrected chi connectivity index (χ1v) is 5.29. The van der Waals surface area contributed by atoms with Gasteiger partial charge in [-0.2, -0.15) is 0 Å². The summed E-state index contributed by atoms with van der Waals surface area (Å²) >= 11 is 0. The maximum Gasteiger partial charge on any atom is 0.229 e. The lowest BCUT2D eigenvalue weighted by Crippen LogP contribution is -2.59. The van der Waals surface area contributed by atoms with E-state index in [1.165, 1.54) is 0 Å². The van der Waals surface area contributed by atoms with Crippen molar-refractivity contribution in [3.8, 4) is 0 Å². The van der Waals surface area contributed by atoms with Crippen molar-refractivity contribution in [1.82, 2.24) is 10.6 Å². The highest BCUT2D eigenvalue weighted by atomic mass is 16.2. The maximum atomic E-state index is 11.6. The molecule has 15 heavy (non-hydrogen) atoms. The van der Waals surface area contributed by atoms with Gasteiger partial charge in [-0.25, -0.2) is 0 Å². The van der Waals surface area contributed by atoms with Crippen LogP contribution in [0.4, 0.5) is 0 Å². The second-order valence-corrected chi connectivity index (χ2v) is 5.62. The number of carbonyl (C=O) groups excluding carboxylic acids is 2. The van der Waals surface area contributed by atoms with Gasteiger partial charge in [0.15, 0.2) is 0 Å². The van der Waals surface area contributed by atoms with Crippen LogP contribution >= 0.6 is 0 Å². The number of rotatable bonds is 2. The van der Waals surface area contributed by atoms with Crippen molar-refractivity contribution in [1.29, 1.82) is 0 Å². The quantitative estimate of drug-likeness (QED) is 0.666. The molecule has 0 aliphatic carbocycles. The molecule has 0 atom stereocenters. The summed E-state index contributed by atoms with van der Waals surface area (Å²) in [7, 11) is 0. The minimum absolute atomic E-state index is 0.0629. The summed E-state index contributed by atoms with van der Waals surface area (Å²) in [4.78, 5) is 21.8. The number of imide groups is 1. The van der Waals surface area contributed by atoms with Crippen molar-refractivity contribution in [3.05, 3.63) is 0 Å². The highest BCUT2D eigenvalue weighted by Crippen LogP contribution is 2.32. The van der Waals surface area contributed by atoms with E-state index in [9.17, 15) is 9.59 Å². The Bertz CT molecular complexity index is 256. The van der Waals surface area contributed by atoms with E-state index in [4.69, 9.17) is 0 Å². The van der Waals surface area contributed by atoms with Crippen LogP contribution in [0.15, 0.2) is 0 Å². The van der Waals surface area contributed by atoms with Crippen LogP contribution in [0.1, 0.15) is 40.5 Å². The van der Waals surface area contributed by atoms with Crippen LogP contribution in [0.2, 0.25) is 0 Å². The van der Waals surface area contributed by atoms with E-state index in [0.717, 1.165) is 12.8 Å². The van der Waals surface area contributed by atoms with Crippen molar-refractivity contribution < 1.29 is 9.59 Å². The predicted octanol–water partition coefficient (Wildman–Crippen LogP) is 0.816. The fourth-order valence-corrected chi connectivity index (χ4v) is 2.68. The van der Waals surface area contributed by atoms with E-state index in [1.54, 1.807) is 0 Å². The predicted molar refractivity (Wildman–Crippen MR) is 58.2 cm³/mol. The molecule has 0 radical (unpaired) electrons. The van der Waals surface area contributed by atoms with Gasteiger partial charge in [-0.3, -0.25) is 14.9 Å². The third-order valence-electron chi connectivity index (χ3n) is 2.76. The highest BCUT2D eigenvalue weighted by Gasteiger charge is 2.40. The molecule has 2 amide bonds. The van der Waals surface area contributed by atoms with Crippen LogP contribution in [-0.2, 0) is 9.59 Å². The number of piperidine rings is 1. The van der Waals surface area contributed by atoms with Crippen molar-refractivity contribution in [2.75, 3.05) is 0 Å². The van der Waals surface area contributed by atoms with Crippen LogP contribution in [0.3, 0.4) is 0 Å². The molecule has 1 fully saturated rings. The minimum Gasteiger partial charge on any atom is -0.307 e. The smallest absolute Gasteiger partial charge is 0.229 e. The molecule has 0 saturated carbocycles. The second-order valence-electron chi connectivity index (χ2n) is 5.62. The topological polar surface area (TPSA) is 58.2 Å². The molecule has 0 spiro atoms. The first-order valence-electron chi connectivity index (χ1n) is 5.29. The van der Waals surface area contributed by atoms with Gasteiger partial charge >= 0.3 is 0 Å². The molecule has 0 aromatic rings. The molecule has 86 valence electrons. The van der Waals surface area contributed by atoms with Gasteiger partial charge in [0.05, 0.1) is 0 Å². The summed E-state index contributed by atoms with van der Waals surface area (Å²) in [5, 5.41) is 5.73. The number of hydrogen-bond acceptors (Lipinski definition) is 3. The lowest BCUT2D eigenvalue weighted by Gasteiger charge is -2.45. The zero-order chi connectivity index (χ0) is 11.7. The number of nitrogens with one attached hydrogen (secondary N) is 2. The average Bonchev–Trinajstić information content (AvgIpc) is 1.98. The molecule has 1 aliphatic heterocycles. The number of carbonyl (C=O) groups is 2. The average molecular weight is 212 g/mol. The van der Waals surface area contributed by atoms with E-state index in [1.807, 2.05) is 0 Å². The van der Waals surface area contributed by atoms with Crippen LogP contribution in [0.5, 0.6) is 0 Å². The van der Waals surface area contributed by atoms with Gasteiger partial charge < -0.3 is 5.32 Å². The Morgan fingerprint density at radius 3 is 2.13 bits per heavy atom. The van der Waals surface area contributed by atoms with E-state index in [2.05, 4.69) is 38.3 Å². The summed E-state index contributed by atoms with van der Waals surface area (Å²) in [6.07, 6.45) is 1.98. The van der Waals surface area contributed by atoms with Gasteiger partial charge in [-0.15, -0.1) is 0 Å². The Kier molecular flexibility index (Phi) is 3.19. The summed E-state index contributed by atoms with van der Waals surface area (Å²) in [5.41, 5.74) is -0.126. The van der Waals surface area contributed by atoms with Crippen LogP contribution in [0, 0.1) is 5.92 Å². The second kappa shape index (κ2) is 3.93. The SMILES string of the molecule is CC1(C)CC(C(=O)NC=O)CC(C)(C)N1. The molecule has 0 bridgehead atoms. The normalized spacial score (nSPS) is 24.5. The zero-order valence-electron chi connectivity index (χ0n) is 9.89. The van der Waals surface area contributed by atoms with Crippen LogP contribution < -0.4 is 10.6 Å². The molecule has 0 aromatic carbocycles. The van der Waals surface area contributed by atoms with E-state index >= 15 is 0 Å². The van der Waals surface area contributed by atoms with Crippen molar-refractivity contribution in [2.45, 2.75) is 51.6 Å². The third kappa shape index (κ3) is 3.30. The Morgan fingerprint density at radius 2 is 1.73 bits per heavy atom. The molecule has 0 unspecified atom stereocenters. The fraction of sp³-hybridized carbons (Fsp3) is 0.818. The van der Waals surface area contributed by atoms with Crippen LogP contribution in [0.25, 0.3) is 0 Å². The molecular formula is C11H20N2O2. The molecule has 0 aromatic heterocycles. The highest BCUT2D eigenvalue weighted by molar-refractivity contribution is 5.87. The van der Waals surface area contributed by atoms with E-state index in [0.29, 0.717) is 6.41 Å². The molecule has 2 N–H and O–H groups in total. The maximum absolute atomic E-state index is 11.6. The molecule has 1 saturated heterocycles. The Balaban J connectivity index is 2.75. The standard InChI is InChI=1S/C11H20N2O2/c1-10(2)5-8(9(15)12-7-14)6-11(3,4)13-10/h7-8,13H,5-6H2,1-4H3,(H,12,14,15). The largest absolute Gasteiger partial charge is 0.307 e. The Hall–Kier alpha value is -0.900. The molecule has 1 rings (SSSR count). The zero-order valence-corrected chi connectivity index (χ0v) is 9.89. The monoisotopic (exact) mass is 212 g/mol.